The predicted octanol–water partition coefficient (Wildman–Crippen LogP) is 3.43. The minimum absolute atomic E-state index is 0.0517. The van der Waals surface area contributed by atoms with Crippen molar-refractivity contribution in [3.8, 4) is 0 Å². The molecule has 0 radical (unpaired) electrons. The van der Waals surface area contributed by atoms with Crippen LogP contribution in [0.5, 0.6) is 0 Å². The van der Waals surface area contributed by atoms with Crippen molar-refractivity contribution in [3.05, 3.63) is 0 Å². The van der Waals surface area contributed by atoms with E-state index < -0.39 is 5.92 Å². The van der Waals surface area contributed by atoms with E-state index in [4.69, 9.17) is 11.6 Å². The SMILES string of the molecule is O=C(C1CCC(F)(F)CC1)N(CCCl)C1CCC1. The van der Waals surface area contributed by atoms with Crippen molar-refractivity contribution in [2.75, 3.05) is 12.4 Å². The third-order valence-electron chi connectivity index (χ3n) is 4.19. The van der Waals surface area contributed by atoms with Crippen molar-refractivity contribution >= 4 is 17.5 Å². The fraction of sp³-hybridized carbons (Fsp3) is 0.923. The van der Waals surface area contributed by atoms with E-state index in [1.54, 1.807) is 0 Å². The van der Waals surface area contributed by atoms with E-state index in [0.717, 1.165) is 19.3 Å². The molecule has 2 aliphatic carbocycles. The van der Waals surface area contributed by atoms with E-state index in [0.29, 0.717) is 31.3 Å². The highest BCUT2D eigenvalue weighted by Gasteiger charge is 2.40. The summed E-state index contributed by atoms with van der Waals surface area (Å²) in [4.78, 5) is 14.2. The van der Waals surface area contributed by atoms with Gasteiger partial charge in [-0.05, 0) is 32.1 Å². The number of alkyl halides is 3. The van der Waals surface area contributed by atoms with Gasteiger partial charge in [0.25, 0.3) is 0 Å². The predicted molar refractivity (Wildman–Crippen MR) is 67.0 cm³/mol. The topological polar surface area (TPSA) is 20.3 Å². The smallest absolute Gasteiger partial charge is 0.248 e. The first-order valence-electron chi connectivity index (χ1n) is 6.78. The highest BCUT2D eigenvalue weighted by Crippen LogP contribution is 2.38. The summed E-state index contributed by atoms with van der Waals surface area (Å²) in [5.74, 6) is -2.31. The third kappa shape index (κ3) is 3.14. The van der Waals surface area contributed by atoms with Gasteiger partial charge in [-0.2, -0.15) is 0 Å². The molecule has 0 bridgehead atoms. The third-order valence-corrected chi connectivity index (χ3v) is 4.36. The highest BCUT2D eigenvalue weighted by molar-refractivity contribution is 6.18. The van der Waals surface area contributed by atoms with Crippen molar-refractivity contribution in [1.82, 2.24) is 4.90 Å². The molecule has 2 fully saturated rings. The molecule has 0 atom stereocenters. The molecule has 2 nitrogen and oxygen atoms in total. The number of carbonyl (C=O) groups excluding carboxylic acids is 1. The molecule has 1 amide bonds. The van der Waals surface area contributed by atoms with E-state index in [1.807, 2.05) is 4.90 Å². The number of hydrogen-bond acceptors (Lipinski definition) is 1. The first-order valence-corrected chi connectivity index (χ1v) is 7.31. The van der Waals surface area contributed by atoms with Crippen LogP contribution in [0, 0.1) is 5.92 Å². The number of nitrogens with zero attached hydrogens (tertiary/aromatic N) is 1. The summed E-state index contributed by atoms with van der Waals surface area (Å²) in [6.45, 7) is 0.554. The molecule has 0 aromatic heterocycles. The van der Waals surface area contributed by atoms with Crippen LogP contribution < -0.4 is 0 Å². The Bertz CT molecular complexity index is 297. The molecule has 0 heterocycles. The zero-order valence-electron chi connectivity index (χ0n) is 10.5. The summed E-state index contributed by atoms with van der Waals surface area (Å²) < 4.78 is 26.2. The van der Waals surface area contributed by atoms with Gasteiger partial charge in [-0.3, -0.25) is 4.79 Å². The minimum atomic E-state index is -2.56. The number of amides is 1. The van der Waals surface area contributed by atoms with E-state index in [2.05, 4.69) is 0 Å². The molecule has 2 rings (SSSR count). The molecule has 5 heteroatoms. The first kappa shape index (κ1) is 14.0. The second-order valence-electron chi connectivity index (χ2n) is 5.44. The summed E-state index contributed by atoms with van der Waals surface area (Å²) in [7, 11) is 0. The van der Waals surface area contributed by atoms with Crippen LogP contribution in [0.2, 0.25) is 0 Å². The lowest BCUT2D eigenvalue weighted by Crippen LogP contribution is -2.48. The maximum Gasteiger partial charge on any atom is 0.248 e. The molecule has 0 aliphatic heterocycles. The van der Waals surface area contributed by atoms with Crippen LogP contribution >= 0.6 is 11.6 Å². The molecule has 0 aromatic rings. The van der Waals surface area contributed by atoms with E-state index >= 15 is 0 Å². The van der Waals surface area contributed by atoms with Gasteiger partial charge in [-0.1, -0.05) is 0 Å². The summed E-state index contributed by atoms with van der Waals surface area (Å²) in [6, 6.07) is 0.304. The Labute approximate surface area is 112 Å². The van der Waals surface area contributed by atoms with Gasteiger partial charge >= 0.3 is 0 Å². The van der Waals surface area contributed by atoms with E-state index in [1.165, 1.54) is 0 Å². The second-order valence-corrected chi connectivity index (χ2v) is 5.81. The number of hydrogen-bond donors (Lipinski definition) is 0. The molecule has 0 spiro atoms. The molecule has 18 heavy (non-hydrogen) atoms. The summed E-state index contributed by atoms with van der Waals surface area (Å²) in [5.41, 5.74) is 0. The lowest BCUT2D eigenvalue weighted by Gasteiger charge is -2.40. The molecule has 0 unspecified atom stereocenters. The van der Waals surface area contributed by atoms with E-state index in [9.17, 15) is 13.6 Å². The van der Waals surface area contributed by atoms with Crippen LogP contribution in [0.4, 0.5) is 8.78 Å². The van der Waals surface area contributed by atoms with Crippen LogP contribution in [0.15, 0.2) is 0 Å². The highest BCUT2D eigenvalue weighted by atomic mass is 35.5. The Hall–Kier alpha value is -0.380. The van der Waals surface area contributed by atoms with Crippen LogP contribution in [-0.2, 0) is 4.79 Å². The molecule has 2 aliphatic rings. The van der Waals surface area contributed by atoms with Crippen LogP contribution in [0.3, 0.4) is 0 Å². The normalized spacial score (nSPS) is 24.6. The van der Waals surface area contributed by atoms with Gasteiger partial charge < -0.3 is 4.90 Å². The Balaban J connectivity index is 1.92. The first-order chi connectivity index (χ1) is 8.53. The van der Waals surface area contributed by atoms with Crippen molar-refractivity contribution in [2.45, 2.75) is 56.9 Å². The maximum absolute atomic E-state index is 13.1. The fourth-order valence-electron chi connectivity index (χ4n) is 2.78. The molecular weight excluding hydrogens is 260 g/mol. The fourth-order valence-corrected chi connectivity index (χ4v) is 2.97. The Kier molecular flexibility index (Phi) is 4.46. The van der Waals surface area contributed by atoms with Crippen LogP contribution in [0.25, 0.3) is 0 Å². The van der Waals surface area contributed by atoms with Gasteiger partial charge in [0.2, 0.25) is 11.8 Å². The molecule has 2 saturated carbocycles. The average Bonchev–Trinajstić information content (AvgIpc) is 2.25. The van der Waals surface area contributed by atoms with Gasteiger partial charge in [-0.25, -0.2) is 8.78 Å². The van der Waals surface area contributed by atoms with Crippen molar-refractivity contribution in [2.24, 2.45) is 5.92 Å². The summed E-state index contributed by atoms with van der Waals surface area (Å²) >= 11 is 5.74. The van der Waals surface area contributed by atoms with Gasteiger partial charge in [0, 0.05) is 37.2 Å². The van der Waals surface area contributed by atoms with Crippen molar-refractivity contribution in [3.63, 3.8) is 0 Å². The van der Waals surface area contributed by atoms with Crippen LogP contribution in [-0.4, -0.2) is 35.2 Å². The zero-order chi connectivity index (χ0) is 13.2. The maximum atomic E-state index is 13.1. The summed E-state index contributed by atoms with van der Waals surface area (Å²) in [6.07, 6.45) is 3.55. The Morgan fingerprint density at radius 2 is 1.83 bits per heavy atom. The van der Waals surface area contributed by atoms with Gasteiger partial charge in [0.1, 0.15) is 0 Å². The number of halogens is 3. The van der Waals surface area contributed by atoms with Gasteiger partial charge in [0.05, 0.1) is 0 Å². The van der Waals surface area contributed by atoms with Gasteiger partial charge in [0.15, 0.2) is 0 Å². The lowest BCUT2D eigenvalue weighted by molar-refractivity contribution is -0.143. The van der Waals surface area contributed by atoms with Gasteiger partial charge in [-0.15, -0.1) is 11.6 Å². The average molecular weight is 280 g/mol. The monoisotopic (exact) mass is 279 g/mol. The molecular formula is C13H20ClF2NO. The largest absolute Gasteiger partial charge is 0.338 e. The Morgan fingerprint density at radius 1 is 1.22 bits per heavy atom. The zero-order valence-corrected chi connectivity index (χ0v) is 11.3. The lowest BCUT2D eigenvalue weighted by atomic mass is 9.84. The summed E-state index contributed by atoms with van der Waals surface area (Å²) in [5, 5.41) is 0. The standard InChI is InChI=1S/C13H20ClF2NO/c14-8-9-17(11-2-1-3-11)12(18)10-4-6-13(15,16)7-5-10/h10-11H,1-9H2. The number of carbonyl (C=O) groups is 1. The van der Waals surface area contributed by atoms with Crippen molar-refractivity contribution in [1.29, 1.82) is 0 Å². The van der Waals surface area contributed by atoms with Crippen molar-refractivity contribution < 1.29 is 13.6 Å². The minimum Gasteiger partial charge on any atom is -0.338 e. The Morgan fingerprint density at radius 3 is 2.28 bits per heavy atom. The second kappa shape index (κ2) is 5.72. The van der Waals surface area contributed by atoms with Crippen LogP contribution in [0.1, 0.15) is 44.9 Å². The quantitative estimate of drug-likeness (QED) is 0.722. The molecule has 104 valence electrons. The number of rotatable bonds is 4. The molecule has 0 N–H and O–H groups in total. The molecule has 0 aromatic carbocycles. The van der Waals surface area contributed by atoms with E-state index in [-0.39, 0.29) is 24.7 Å². The molecule has 0 saturated heterocycles.